The lowest BCUT2D eigenvalue weighted by molar-refractivity contribution is 0.0587. The molecule has 0 bridgehead atoms. The summed E-state index contributed by atoms with van der Waals surface area (Å²) in [5, 5.41) is 30.1. The number of carbonyl (C=O) groups is 3. The number of rotatable bonds is 11. The molecule has 3 rings (SSSR count). The number of hydrogen-bond acceptors (Lipinski definition) is 10. The number of aliphatic hydroxyl groups excluding tert-OH is 1. The minimum atomic E-state index is -1.18. The van der Waals surface area contributed by atoms with Gasteiger partial charge < -0.3 is 39.0 Å². The minimum Gasteiger partial charge on any atom is -0.504 e. The highest BCUT2D eigenvalue weighted by Crippen LogP contribution is 2.40. The van der Waals surface area contributed by atoms with E-state index in [1.807, 2.05) is 0 Å². The number of phenolic OH excluding ortho intramolecular Hbond substituents is 1. The van der Waals surface area contributed by atoms with Crippen LogP contribution in [0.1, 0.15) is 48.1 Å². The lowest BCUT2D eigenvalue weighted by atomic mass is 9.81. The number of hydrogen-bond donors (Lipinski definition) is 3. The number of benzene rings is 3. The van der Waals surface area contributed by atoms with Gasteiger partial charge in [0.15, 0.2) is 23.0 Å². The number of carboxylic acid groups (broad SMARTS) is 1. The van der Waals surface area contributed by atoms with E-state index in [2.05, 4.69) is 0 Å². The predicted octanol–water partition coefficient (Wildman–Crippen LogP) is 3.25. The average molecular weight is 541 g/mol. The Balaban J connectivity index is 2.32. The molecule has 3 N–H and O–H groups in total. The van der Waals surface area contributed by atoms with Gasteiger partial charge in [0.05, 0.1) is 57.7 Å². The van der Waals surface area contributed by atoms with Crippen molar-refractivity contribution in [1.29, 1.82) is 0 Å². The number of carbonyl (C=O) groups excluding carboxylic acids is 2. The third-order valence-corrected chi connectivity index (χ3v) is 6.03. The van der Waals surface area contributed by atoms with Crippen LogP contribution in [0.4, 0.5) is 0 Å². The standard InChI is InChI=1S/C28H28O11/c1-35-21-12-15(8-10-19(21)30)24(25-17(27(33)37-3)6-5-7-18(25)28(34)38-4)23(14-29)39-20-11-9-16(26(31)32)13-22(20)36-2/h5-13,23-24,29-30H,14H2,1-4H3,(H,31,32). The molecule has 0 spiro atoms. The van der Waals surface area contributed by atoms with Gasteiger partial charge in [0, 0.05) is 0 Å². The number of aromatic carboxylic acids is 1. The zero-order chi connectivity index (χ0) is 28.7. The normalized spacial score (nSPS) is 12.1. The van der Waals surface area contributed by atoms with E-state index in [1.54, 1.807) is 0 Å². The molecule has 11 nitrogen and oxygen atoms in total. The Morgan fingerprint density at radius 1 is 0.795 bits per heavy atom. The van der Waals surface area contributed by atoms with Gasteiger partial charge in [-0.2, -0.15) is 0 Å². The highest BCUT2D eigenvalue weighted by molar-refractivity contribution is 5.98. The fourth-order valence-electron chi connectivity index (χ4n) is 4.20. The van der Waals surface area contributed by atoms with E-state index in [0.717, 1.165) is 0 Å². The van der Waals surface area contributed by atoms with Gasteiger partial charge in [-0.15, -0.1) is 0 Å². The molecule has 0 aliphatic heterocycles. The summed E-state index contributed by atoms with van der Waals surface area (Å²) in [5.74, 6) is -3.65. The summed E-state index contributed by atoms with van der Waals surface area (Å²) in [6.07, 6.45) is -1.18. The van der Waals surface area contributed by atoms with Crippen molar-refractivity contribution >= 4 is 17.9 Å². The van der Waals surface area contributed by atoms with Crippen molar-refractivity contribution in [2.75, 3.05) is 35.0 Å². The maximum atomic E-state index is 12.9. The van der Waals surface area contributed by atoms with Crippen LogP contribution in [0.3, 0.4) is 0 Å². The van der Waals surface area contributed by atoms with E-state index in [0.29, 0.717) is 5.56 Å². The first-order valence-corrected chi connectivity index (χ1v) is 11.6. The molecular weight excluding hydrogens is 512 g/mol. The van der Waals surface area contributed by atoms with Gasteiger partial charge in [0.1, 0.15) is 6.10 Å². The first-order chi connectivity index (χ1) is 18.7. The quantitative estimate of drug-likeness (QED) is 0.307. The van der Waals surface area contributed by atoms with Crippen LogP contribution < -0.4 is 14.2 Å². The Morgan fingerprint density at radius 2 is 1.41 bits per heavy atom. The maximum Gasteiger partial charge on any atom is 0.338 e. The molecule has 0 fully saturated rings. The number of aliphatic hydroxyl groups is 1. The molecule has 0 saturated carbocycles. The van der Waals surface area contributed by atoms with E-state index in [-0.39, 0.29) is 45.3 Å². The van der Waals surface area contributed by atoms with Crippen LogP contribution in [0.5, 0.6) is 23.0 Å². The summed E-state index contributed by atoms with van der Waals surface area (Å²) in [6.45, 7) is -0.631. The molecule has 3 aromatic rings. The summed E-state index contributed by atoms with van der Waals surface area (Å²) in [4.78, 5) is 37.2. The highest BCUT2D eigenvalue weighted by Gasteiger charge is 2.35. The molecule has 0 aliphatic rings. The number of phenols is 1. The van der Waals surface area contributed by atoms with Crippen molar-refractivity contribution in [3.63, 3.8) is 0 Å². The van der Waals surface area contributed by atoms with Crippen LogP contribution in [-0.2, 0) is 9.47 Å². The molecule has 206 valence electrons. The van der Waals surface area contributed by atoms with Gasteiger partial charge in [-0.1, -0.05) is 12.1 Å². The Kier molecular flexibility index (Phi) is 9.34. The van der Waals surface area contributed by atoms with Crippen LogP contribution in [0.15, 0.2) is 54.6 Å². The van der Waals surface area contributed by atoms with E-state index < -0.39 is 36.5 Å². The van der Waals surface area contributed by atoms with Crippen LogP contribution in [0.25, 0.3) is 0 Å². The van der Waals surface area contributed by atoms with Crippen molar-refractivity contribution in [1.82, 2.24) is 0 Å². The van der Waals surface area contributed by atoms with Gasteiger partial charge >= 0.3 is 17.9 Å². The number of ether oxygens (including phenoxy) is 5. The third-order valence-electron chi connectivity index (χ3n) is 6.03. The molecule has 0 radical (unpaired) electrons. The first-order valence-electron chi connectivity index (χ1n) is 11.6. The van der Waals surface area contributed by atoms with Gasteiger partial charge in [0.25, 0.3) is 0 Å². The van der Waals surface area contributed by atoms with Gasteiger partial charge in [0.2, 0.25) is 0 Å². The summed E-state index contributed by atoms with van der Waals surface area (Å²) >= 11 is 0. The van der Waals surface area contributed by atoms with E-state index in [9.17, 15) is 29.7 Å². The Morgan fingerprint density at radius 3 is 1.92 bits per heavy atom. The van der Waals surface area contributed by atoms with Crippen LogP contribution in [0.2, 0.25) is 0 Å². The summed E-state index contributed by atoms with van der Waals surface area (Å²) in [5.41, 5.74) is 0.486. The van der Waals surface area contributed by atoms with Crippen molar-refractivity contribution in [3.8, 4) is 23.0 Å². The summed E-state index contributed by atoms with van der Waals surface area (Å²) in [6, 6.07) is 12.7. The van der Waals surface area contributed by atoms with E-state index >= 15 is 0 Å². The lowest BCUT2D eigenvalue weighted by Gasteiger charge is -2.30. The van der Waals surface area contributed by atoms with Gasteiger partial charge in [-0.3, -0.25) is 0 Å². The number of carboxylic acids is 1. The molecule has 0 aliphatic carbocycles. The van der Waals surface area contributed by atoms with Crippen molar-refractivity contribution in [2.24, 2.45) is 0 Å². The minimum absolute atomic E-state index is 0.00711. The fraction of sp³-hybridized carbons (Fsp3) is 0.250. The molecule has 39 heavy (non-hydrogen) atoms. The second kappa shape index (κ2) is 12.7. The van der Waals surface area contributed by atoms with Crippen LogP contribution >= 0.6 is 0 Å². The van der Waals surface area contributed by atoms with E-state index in [4.69, 9.17) is 23.7 Å². The van der Waals surface area contributed by atoms with Crippen LogP contribution in [0, 0.1) is 0 Å². The Labute approximate surface area is 224 Å². The topological polar surface area (TPSA) is 158 Å². The molecule has 11 heteroatoms. The molecule has 0 saturated heterocycles. The zero-order valence-electron chi connectivity index (χ0n) is 21.7. The zero-order valence-corrected chi connectivity index (χ0v) is 21.7. The monoisotopic (exact) mass is 540 g/mol. The second-order valence-electron chi connectivity index (χ2n) is 8.17. The molecule has 2 unspecified atom stereocenters. The molecular formula is C28H28O11. The number of esters is 2. The van der Waals surface area contributed by atoms with E-state index in [1.165, 1.54) is 83.0 Å². The van der Waals surface area contributed by atoms with Crippen molar-refractivity contribution in [3.05, 3.63) is 82.4 Å². The van der Waals surface area contributed by atoms with Crippen LogP contribution in [-0.4, -0.2) is 74.4 Å². The largest absolute Gasteiger partial charge is 0.504 e. The third kappa shape index (κ3) is 6.04. The first kappa shape index (κ1) is 28.8. The maximum absolute atomic E-state index is 12.9. The molecule has 0 heterocycles. The summed E-state index contributed by atoms with van der Waals surface area (Å²) < 4.78 is 26.7. The highest BCUT2D eigenvalue weighted by atomic mass is 16.5. The average Bonchev–Trinajstić information content (AvgIpc) is 2.96. The number of methoxy groups -OCH3 is 4. The van der Waals surface area contributed by atoms with Gasteiger partial charge in [-0.25, -0.2) is 14.4 Å². The fourth-order valence-corrected chi connectivity index (χ4v) is 4.20. The molecule has 2 atom stereocenters. The molecule has 0 aromatic heterocycles. The molecule has 0 amide bonds. The summed E-state index contributed by atoms with van der Waals surface area (Å²) in [7, 11) is 5.05. The van der Waals surface area contributed by atoms with Gasteiger partial charge in [-0.05, 0) is 53.6 Å². The number of aromatic hydroxyl groups is 1. The Bertz CT molecular complexity index is 1330. The lowest BCUT2D eigenvalue weighted by Crippen LogP contribution is -2.33. The molecule has 3 aromatic carbocycles. The predicted molar refractivity (Wildman–Crippen MR) is 137 cm³/mol. The van der Waals surface area contributed by atoms with Crippen molar-refractivity contribution < 1.29 is 53.4 Å². The smallest absolute Gasteiger partial charge is 0.338 e. The van der Waals surface area contributed by atoms with Crippen molar-refractivity contribution in [2.45, 2.75) is 12.0 Å². The second-order valence-corrected chi connectivity index (χ2v) is 8.17. The Hall–Kier alpha value is -4.77. The SMILES string of the molecule is COC(=O)c1cccc(C(=O)OC)c1C(c1ccc(O)c(OC)c1)C(CO)Oc1ccc(C(=O)O)cc1OC.